The zero-order valence-electron chi connectivity index (χ0n) is 14.7. The van der Waals surface area contributed by atoms with E-state index in [2.05, 4.69) is 22.4 Å². The van der Waals surface area contributed by atoms with E-state index < -0.39 is 0 Å². The Balaban J connectivity index is 1.57. The van der Waals surface area contributed by atoms with E-state index in [1.165, 1.54) is 6.42 Å². The minimum atomic E-state index is -0.0271. The summed E-state index contributed by atoms with van der Waals surface area (Å²) in [5, 5.41) is 11.4. The van der Waals surface area contributed by atoms with E-state index in [1.807, 2.05) is 29.2 Å². The van der Waals surface area contributed by atoms with Crippen molar-refractivity contribution in [2.24, 2.45) is 5.92 Å². The van der Waals surface area contributed by atoms with Crippen LogP contribution in [0.1, 0.15) is 35.8 Å². The average molecular weight is 340 g/mol. The van der Waals surface area contributed by atoms with Crippen molar-refractivity contribution in [1.82, 2.24) is 15.1 Å². The molecule has 132 valence electrons. The number of likely N-dealkylation sites (tertiary alicyclic amines) is 1. The average Bonchev–Trinajstić information content (AvgIpc) is 2.66. The number of amides is 1. The lowest BCUT2D eigenvalue weighted by atomic mass is 10.00. The molecule has 2 aromatic rings. The van der Waals surface area contributed by atoms with Crippen LogP contribution in [0.15, 0.2) is 36.4 Å². The molecule has 1 aromatic heterocycles. The highest BCUT2D eigenvalue weighted by atomic mass is 16.5. The molecule has 2 heterocycles. The van der Waals surface area contributed by atoms with Crippen LogP contribution < -0.4 is 10.1 Å². The van der Waals surface area contributed by atoms with Crippen LogP contribution in [-0.2, 0) is 6.54 Å². The number of hydrogen-bond donors (Lipinski definition) is 1. The summed E-state index contributed by atoms with van der Waals surface area (Å²) in [7, 11) is 1.65. The molecule has 1 aromatic carbocycles. The van der Waals surface area contributed by atoms with Crippen molar-refractivity contribution < 1.29 is 9.53 Å². The number of hydrogen-bond acceptors (Lipinski definition) is 5. The largest absolute Gasteiger partial charge is 0.497 e. The van der Waals surface area contributed by atoms with E-state index in [0.29, 0.717) is 24.0 Å². The summed E-state index contributed by atoms with van der Waals surface area (Å²) < 4.78 is 5.15. The van der Waals surface area contributed by atoms with Crippen LogP contribution in [0.5, 0.6) is 5.75 Å². The summed E-state index contributed by atoms with van der Waals surface area (Å²) in [6.07, 6.45) is 2.24. The number of aromatic nitrogens is 2. The summed E-state index contributed by atoms with van der Waals surface area (Å²) in [5.74, 6) is 2.01. The molecule has 1 fully saturated rings. The molecule has 1 N–H and O–H groups in total. The van der Waals surface area contributed by atoms with Gasteiger partial charge in [-0.2, -0.15) is 0 Å². The SMILES string of the molecule is COc1ccc(CNc2ccc(C(=O)N3CCCC(C)C3)nn2)cc1. The number of benzene rings is 1. The first kappa shape index (κ1) is 17.2. The lowest BCUT2D eigenvalue weighted by Gasteiger charge is -2.30. The Morgan fingerprint density at radius 1 is 1.24 bits per heavy atom. The number of carbonyl (C=O) groups is 1. The van der Waals surface area contributed by atoms with Crippen LogP contribution in [0.3, 0.4) is 0 Å². The Kier molecular flexibility index (Phi) is 5.48. The highest BCUT2D eigenvalue weighted by Gasteiger charge is 2.23. The van der Waals surface area contributed by atoms with Gasteiger partial charge in [0.05, 0.1) is 7.11 Å². The number of ether oxygens (including phenoxy) is 1. The first-order valence-electron chi connectivity index (χ1n) is 8.65. The van der Waals surface area contributed by atoms with Gasteiger partial charge in [-0.15, -0.1) is 10.2 Å². The van der Waals surface area contributed by atoms with E-state index >= 15 is 0 Å². The minimum absolute atomic E-state index is 0.0271. The van der Waals surface area contributed by atoms with E-state index in [0.717, 1.165) is 30.8 Å². The predicted octanol–water partition coefficient (Wildman–Crippen LogP) is 2.97. The normalized spacial score (nSPS) is 17.2. The van der Waals surface area contributed by atoms with Crippen molar-refractivity contribution in [3.63, 3.8) is 0 Å². The molecule has 1 aliphatic heterocycles. The second kappa shape index (κ2) is 7.96. The number of nitrogens with one attached hydrogen (secondary N) is 1. The smallest absolute Gasteiger partial charge is 0.274 e. The fraction of sp³-hybridized carbons (Fsp3) is 0.421. The van der Waals surface area contributed by atoms with Gasteiger partial charge in [-0.1, -0.05) is 19.1 Å². The van der Waals surface area contributed by atoms with Gasteiger partial charge in [0.1, 0.15) is 11.6 Å². The van der Waals surface area contributed by atoms with Gasteiger partial charge in [0.25, 0.3) is 5.91 Å². The zero-order valence-corrected chi connectivity index (χ0v) is 14.7. The maximum absolute atomic E-state index is 12.5. The standard InChI is InChI=1S/C19H24N4O2/c1-14-4-3-11-23(13-14)19(24)17-9-10-18(22-21-17)20-12-15-5-7-16(25-2)8-6-15/h5-10,14H,3-4,11-13H2,1-2H3,(H,20,22). The van der Waals surface area contributed by atoms with Crippen molar-refractivity contribution in [3.8, 4) is 5.75 Å². The van der Waals surface area contributed by atoms with Crippen molar-refractivity contribution >= 4 is 11.7 Å². The van der Waals surface area contributed by atoms with Crippen molar-refractivity contribution in [1.29, 1.82) is 0 Å². The van der Waals surface area contributed by atoms with E-state index in [4.69, 9.17) is 4.74 Å². The van der Waals surface area contributed by atoms with Gasteiger partial charge in [0.15, 0.2) is 5.69 Å². The fourth-order valence-corrected chi connectivity index (χ4v) is 3.01. The third-order valence-electron chi connectivity index (χ3n) is 4.46. The third kappa shape index (κ3) is 4.47. The molecule has 1 amide bonds. The van der Waals surface area contributed by atoms with Gasteiger partial charge in [-0.05, 0) is 48.6 Å². The molecule has 25 heavy (non-hydrogen) atoms. The molecule has 1 atom stereocenters. The lowest BCUT2D eigenvalue weighted by molar-refractivity contribution is 0.0676. The maximum atomic E-state index is 12.5. The first-order chi connectivity index (χ1) is 12.2. The van der Waals surface area contributed by atoms with Gasteiger partial charge in [-0.25, -0.2) is 0 Å². The summed E-state index contributed by atoms with van der Waals surface area (Å²) in [6, 6.07) is 11.4. The molecule has 0 saturated carbocycles. The summed E-state index contributed by atoms with van der Waals surface area (Å²) >= 11 is 0. The minimum Gasteiger partial charge on any atom is -0.497 e. The van der Waals surface area contributed by atoms with Crippen LogP contribution in [0.25, 0.3) is 0 Å². The van der Waals surface area contributed by atoms with Gasteiger partial charge in [0.2, 0.25) is 0 Å². The molecule has 6 heteroatoms. The Bertz CT molecular complexity index is 700. The number of anilines is 1. The molecule has 1 saturated heterocycles. The molecule has 1 aliphatic rings. The number of nitrogens with zero attached hydrogens (tertiary/aromatic N) is 3. The number of methoxy groups -OCH3 is 1. The molecule has 0 bridgehead atoms. The molecule has 0 radical (unpaired) electrons. The van der Waals surface area contributed by atoms with Crippen molar-refractivity contribution in [2.75, 3.05) is 25.5 Å². The van der Waals surface area contributed by atoms with Gasteiger partial charge >= 0.3 is 0 Å². The summed E-state index contributed by atoms with van der Waals surface area (Å²) in [5.41, 5.74) is 1.52. The fourth-order valence-electron chi connectivity index (χ4n) is 3.01. The molecule has 0 aliphatic carbocycles. The number of rotatable bonds is 5. The second-order valence-electron chi connectivity index (χ2n) is 6.50. The van der Waals surface area contributed by atoms with Crippen LogP contribution >= 0.6 is 0 Å². The summed E-state index contributed by atoms with van der Waals surface area (Å²) in [6.45, 7) is 4.42. The summed E-state index contributed by atoms with van der Waals surface area (Å²) in [4.78, 5) is 14.4. The number of piperidine rings is 1. The van der Waals surface area contributed by atoms with E-state index in [9.17, 15) is 4.79 Å². The molecule has 1 unspecified atom stereocenters. The Morgan fingerprint density at radius 2 is 2.04 bits per heavy atom. The molecular formula is C19H24N4O2. The molecule has 6 nitrogen and oxygen atoms in total. The van der Waals surface area contributed by atoms with Crippen molar-refractivity contribution in [3.05, 3.63) is 47.7 Å². The lowest BCUT2D eigenvalue weighted by Crippen LogP contribution is -2.39. The van der Waals surface area contributed by atoms with Crippen LogP contribution in [-0.4, -0.2) is 41.2 Å². The van der Waals surface area contributed by atoms with Gasteiger partial charge in [0, 0.05) is 19.6 Å². The molecular weight excluding hydrogens is 316 g/mol. The van der Waals surface area contributed by atoms with Crippen molar-refractivity contribution in [2.45, 2.75) is 26.3 Å². The van der Waals surface area contributed by atoms with E-state index in [-0.39, 0.29) is 5.91 Å². The first-order valence-corrected chi connectivity index (χ1v) is 8.65. The maximum Gasteiger partial charge on any atom is 0.274 e. The Hall–Kier alpha value is -2.63. The Morgan fingerprint density at radius 3 is 2.68 bits per heavy atom. The Labute approximate surface area is 148 Å². The topological polar surface area (TPSA) is 67.3 Å². The highest BCUT2D eigenvalue weighted by Crippen LogP contribution is 2.17. The predicted molar refractivity (Wildman–Crippen MR) is 96.7 cm³/mol. The van der Waals surface area contributed by atoms with Crippen LogP contribution in [0.4, 0.5) is 5.82 Å². The highest BCUT2D eigenvalue weighted by molar-refractivity contribution is 5.92. The number of carbonyl (C=O) groups excluding carboxylic acids is 1. The zero-order chi connectivity index (χ0) is 17.6. The van der Waals surface area contributed by atoms with E-state index in [1.54, 1.807) is 19.2 Å². The molecule has 3 rings (SSSR count). The second-order valence-corrected chi connectivity index (χ2v) is 6.50. The third-order valence-corrected chi connectivity index (χ3v) is 4.46. The van der Waals surface area contributed by atoms with Gasteiger partial charge in [-0.3, -0.25) is 4.79 Å². The monoisotopic (exact) mass is 340 g/mol. The van der Waals surface area contributed by atoms with Crippen LogP contribution in [0, 0.1) is 5.92 Å². The van der Waals surface area contributed by atoms with Gasteiger partial charge < -0.3 is 15.0 Å². The quantitative estimate of drug-likeness (QED) is 0.906. The molecule has 0 spiro atoms. The van der Waals surface area contributed by atoms with Crippen LogP contribution in [0.2, 0.25) is 0 Å².